The highest BCUT2D eigenvalue weighted by Crippen LogP contribution is 2.19. The Labute approximate surface area is 103 Å². The van der Waals surface area contributed by atoms with Crippen molar-refractivity contribution in [3.63, 3.8) is 0 Å². The first-order valence-electron chi connectivity index (χ1n) is 5.03. The number of anilines is 1. The Morgan fingerprint density at radius 2 is 2.29 bits per heavy atom. The van der Waals surface area contributed by atoms with E-state index >= 15 is 0 Å². The number of aromatic nitrogens is 3. The lowest BCUT2D eigenvalue weighted by molar-refractivity contribution is -0.114. The largest absolute Gasteiger partial charge is 0.326 e. The summed E-state index contributed by atoms with van der Waals surface area (Å²) in [6, 6.07) is 7.54. The monoisotopic (exact) mass is 248 g/mol. The van der Waals surface area contributed by atoms with Crippen LogP contribution < -0.4 is 5.32 Å². The highest BCUT2D eigenvalue weighted by molar-refractivity contribution is 7.98. The standard InChI is InChI=1S/C11H12N4OS/c1-8(16)13-9-4-3-5-10(6-9)15-7-12-14-11(15)17-2/h3-7H,1-2H3,(H,13,16). The Bertz CT molecular complexity index is 538. The van der Waals surface area contributed by atoms with E-state index in [2.05, 4.69) is 15.5 Å². The number of rotatable bonds is 3. The van der Waals surface area contributed by atoms with Gasteiger partial charge in [-0.1, -0.05) is 17.8 Å². The third-order valence-corrected chi connectivity index (χ3v) is 2.79. The van der Waals surface area contributed by atoms with Crippen LogP contribution in [-0.4, -0.2) is 26.9 Å². The van der Waals surface area contributed by atoms with Crippen molar-refractivity contribution in [3.05, 3.63) is 30.6 Å². The van der Waals surface area contributed by atoms with Gasteiger partial charge < -0.3 is 5.32 Å². The predicted molar refractivity (Wildman–Crippen MR) is 67.4 cm³/mol. The van der Waals surface area contributed by atoms with E-state index in [1.807, 2.05) is 35.1 Å². The maximum absolute atomic E-state index is 11.0. The van der Waals surface area contributed by atoms with Gasteiger partial charge in [0.2, 0.25) is 5.91 Å². The Hall–Kier alpha value is -1.82. The number of benzene rings is 1. The van der Waals surface area contributed by atoms with Crippen LogP contribution in [0.3, 0.4) is 0 Å². The molecular formula is C11H12N4OS. The number of carbonyl (C=O) groups excluding carboxylic acids is 1. The summed E-state index contributed by atoms with van der Waals surface area (Å²) in [5.74, 6) is -0.0870. The van der Waals surface area contributed by atoms with Crippen LogP contribution in [0.1, 0.15) is 6.92 Å². The van der Waals surface area contributed by atoms with Crippen molar-refractivity contribution in [3.8, 4) is 5.69 Å². The molecule has 0 atom stereocenters. The molecular weight excluding hydrogens is 236 g/mol. The summed E-state index contributed by atoms with van der Waals surface area (Å²) in [6.07, 6.45) is 3.59. The fourth-order valence-corrected chi connectivity index (χ4v) is 1.96. The molecule has 0 spiro atoms. The zero-order chi connectivity index (χ0) is 12.3. The van der Waals surface area contributed by atoms with E-state index in [4.69, 9.17) is 0 Å². The van der Waals surface area contributed by atoms with Crippen molar-refractivity contribution in [1.82, 2.24) is 14.8 Å². The molecule has 1 aromatic carbocycles. The average molecular weight is 248 g/mol. The number of hydrogen-bond donors (Lipinski definition) is 1. The molecule has 1 aromatic heterocycles. The van der Waals surface area contributed by atoms with E-state index in [1.54, 1.807) is 6.33 Å². The summed E-state index contributed by atoms with van der Waals surface area (Å²) < 4.78 is 1.87. The number of carbonyl (C=O) groups is 1. The third kappa shape index (κ3) is 2.65. The van der Waals surface area contributed by atoms with Crippen molar-refractivity contribution in [2.45, 2.75) is 12.1 Å². The van der Waals surface area contributed by atoms with Gasteiger partial charge in [0.15, 0.2) is 5.16 Å². The van der Waals surface area contributed by atoms with Crippen molar-refractivity contribution in [1.29, 1.82) is 0 Å². The average Bonchev–Trinajstić information content (AvgIpc) is 2.76. The summed E-state index contributed by atoms with van der Waals surface area (Å²) in [5, 5.41) is 11.4. The molecule has 2 rings (SSSR count). The molecule has 1 heterocycles. The van der Waals surface area contributed by atoms with Crippen LogP contribution in [0, 0.1) is 0 Å². The summed E-state index contributed by atoms with van der Waals surface area (Å²) in [6.45, 7) is 1.48. The second-order valence-corrected chi connectivity index (χ2v) is 4.19. The van der Waals surface area contributed by atoms with Gasteiger partial charge in [0.25, 0.3) is 0 Å². The third-order valence-electron chi connectivity index (χ3n) is 2.14. The van der Waals surface area contributed by atoms with Crippen LogP contribution in [0.25, 0.3) is 5.69 Å². The first kappa shape index (κ1) is 11.7. The van der Waals surface area contributed by atoms with E-state index in [-0.39, 0.29) is 5.91 Å². The van der Waals surface area contributed by atoms with Gasteiger partial charge in [-0.15, -0.1) is 10.2 Å². The molecule has 1 N–H and O–H groups in total. The molecule has 0 aliphatic carbocycles. The lowest BCUT2D eigenvalue weighted by atomic mass is 10.2. The van der Waals surface area contributed by atoms with E-state index in [0.29, 0.717) is 0 Å². The molecule has 0 radical (unpaired) electrons. The maximum atomic E-state index is 11.0. The smallest absolute Gasteiger partial charge is 0.221 e. The van der Waals surface area contributed by atoms with E-state index in [9.17, 15) is 4.79 Å². The molecule has 0 aliphatic rings. The fraction of sp³-hybridized carbons (Fsp3) is 0.182. The van der Waals surface area contributed by atoms with Gasteiger partial charge in [-0.25, -0.2) is 0 Å². The van der Waals surface area contributed by atoms with Gasteiger partial charge in [0, 0.05) is 12.6 Å². The minimum atomic E-state index is -0.0870. The highest BCUT2D eigenvalue weighted by atomic mass is 32.2. The lowest BCUT2D eigenvalue weighted by Gasteiger charge is -2.07. The molecule has 6 heteroatoms. The number of hydrogen-bond acceptors (Lipinski definition) is 4. The van der Waals surface area contributed by atoms with Gasteiger partial charge in [-0.05, 0) is 24.5 Å². The first-order chi connectivity index (χ1) is 8.20. The Morgan fingerprint density at radius 1 is 1.47 bits per heavy atom. The van der Waals surface area contributed by atoms with Crippen molar-refractivity contribution < 1.29 is 4.79 Å². The minimum Gasteiger partial charge on any atom is -0.326 e. The van der Waals surface area contributed by atoms with Gasteiger partial charge >= 0.3 is 0 Å². The quantitative estimate of drug-likeness (QED) is 0.843. The molecule has 0 saturated carbocycles. The van der Waals surface area contributed by atoms with Crippen molar-refractivity contribution in [2.75, 3.05) is 11.6 Å². The fourth-order valence-electron chi connectivity index (χ4n) is 1.48. The van der Waals surface area contributed by atoms with Gasteiger partial charge in [0.05, 0.1) is 5.69 Å². The van der Waals surface area contributed by atoms with Crippen molar-refractivity contribution >= 4 is 23.4 Å². The predicted octanol–water partition coefficient (Wildman–Crippen LogP) is 1.95. The summed E-state index contributed by atoms with van der Waals surface area (Å²) in [5.41, 5.74) is 1.68. The molecule has 0 saturated heterocycles. The summed E-state index contributed by atoms with van der Waals surface area (Å²) in [4.78, 5) is 11.0. The Morgan fingerprint density at radius 3 is 3.00 bits per heavy atom. The second-order valence-electron chi connectivity index (χ2n) is 3.42. The van der Waals surface area contributed by atoms with Crippen LogP contribution in [0.2, 0.25) is 0 Å². The molecule has 0 fully saturated rings. The van der Waals surface area contributed by atoms with Crippen LogP contribution in [0.5, 0.6) is 0 Å². The van der Waals surface area contributed by atoms with Crippen LogP contribution in [0.4, 0.5) is 5.69 Å². The normalized spacial score (nSPS) is 10.2. The van der Waals surface area contributed by atoms with Crippen LogP contribution in [-0.2, 0) is 4.79 Å². The van der Waals surface area contributed by atoms with E-state index < -0.39 is 0 Å². The number of thioether (sulfide) groups is 1. The topological polar surface area (TPSA) is 59.8 Å². The molecule has 0 aliphatic heterocycles. The zero-order valence-corrected chi connectivity index (χ0v) is 10.4. The number of nitrogens with one attached hydrogen (secondary N) is 1. The Balaban J connectivity index is 2.36. The molecule has 2 aromatic rings. The molecule has 5 nitrogen and oxygen atoms in total. The number of nitrogens with zero attached hydrogens (tertiary/aromatic N) is 3. The van der Waals surface area contributed by atoms with Crippen LogP contribution >= 0.6 is 11.8 Å². The van der Waals surface area contributed by atoms with Crippen molar-refractivity contribution in [2.24, 2.45) is 0 Å². The van der Waals surface area contributed by atoms with Gasteiger partial charge in [0.1, 0.15) is 6.33 Å². The van der Waals surface area contributed by atoms with E-state index in [0.717, 1.165) is 16.5 Å². The molecule has 17 heavy (non-hydrogen) atoms. The molecule has 0 unspecified atom stereocenters. The summed E-state index contributed by atoms with van der Waals surface area (Å²) in [7, 11) is 0. The molecule has 1 amide bonds. The lowest BCUT2D eigenvalue weighted by Crippen LogP contribution is -2.06. The van der Waals surface area contributed by atoms with E-state index in [1.165, 1.54) is 18.7 Å². The SMILES string of the molecule is CSc1nncn1-c1cccc(NC(C)=O)c1. The van der Waals surface area contributed by atoms with Gasteiger partial charge in [-0.2, -0.15) is 0 Å². The first-order valence-corrected chi connectivity index (χ1v) is 6.25. The molecule has 88 valence electrons. The second kappa shape index (κ2) is 5.01. The highest BCUT2D eigenvalue weighted by Gasteiger charge is 2.05. The zero-order valence-electron chi connectivity index (χ0n) is 9.54. The van der Waals surface area contributed by atoms with Crippen LogP contribution in [0.15, 0.2) is 35.7 Å². The number of amides is 1. The summed E-state index contributed by atoms with van der Waals surface area (Å²) >= 11 is 1.52. The van der Waals surface area contributed by atoms with Gasteiger partial charge in [-0.3, -0.25) is 9.36 Å². The minimum absolute atomic E-state index is 0.0870. The molecule has 0 bridgehead atoms. The Kier molecular flexibility index (Phi) is 3.43. The maximum Gasteiger partial charge on any atom is 0.221 e.